The average Bonchev–Trinajstić information content (AvgIpc) is 3.40. The second-order valence-electron chi connectivity index (χ2n) is 8.33. The van der Waals surface area contributed by atoms with Crippen LogP contribution in [0, 0.1) is 17.2 Å². The van der Waals surface area contributed by atoms with Crippen molar-refractivity contribution in [2.75, 3.05) is 0 Å². The molecule has 0 aliphatic heterocycles. The second-order valence-corrected chi connectivity index (χ2v) is 11.4. The maximum Gasteiger partial charge on any atom is 0.227 e. The van der Waals surface area contributed by atoms with E-state index in [2.05, 4.69) is 11.4 Å². The fraction of sp³-hybridized carbons (Fsp3) is 0.391. The van der Waals surface area contributed by atoms with Gasteiger partial charge in [0.25, 0.3) is 0 Å². The number of nitrogens with zero attached hydrogens (tertiary/aromatic N) is 1. The topological polar surface area (TPSA) is 96.3 Å². The van der Waals surface area contributed by atoms with E-state index in [1.54, 1.807) is 24.3 Å². The number of nitriles is 1. The molecule has 1 N–H and O–H groups in total. The molecule has 4 rings (SSSR count). The van der Waals surface area contributed by atoms with Gasteiger partial charge in [0.15, 0.2) is 9.84 Å². The predicted molar refractivity (Wildman–Crippen MR) is 121 cm³/mol. The molecule has 6 nitrogen and oxygen atoms in total. The summed E-state index contributed by atoms with van der Waals surface area (Å²) in [6.07, 6.45) is 0.854. The van der Waals surface area contributed by atoms with Crippen LogP contribution in [-0.2, 0) is 26.0 Å². The highest BCUT2D eigenvalue weighted by atomic mass is 35.5. The Hall–Kier alpha value is -2.11. The van der Waals surface area contributed by atoms with E-state index in [4.69, 9.17) is 27.9 Å². The first kappa shape index (κ1) is 23.1. The van der Waals surface area contributed by atoms with Crippen LogP contribution in [0.5, 0.6) is 0 Å². The fourth-order valence-electron chi connectivity index (χ4n) is 4.03. The van der Waals surface area contributed by atoms with Gasteiger partial charge in [-0.1, -0.05) is 47.5 Å². The molecule has 1 amide bonds. The van der Waals surface area contributed by atoms with Crippen LogP contribution in [0.25, 0.3) is 0 Å². The van der Waals surface area contributed by atoms with Gasteiger partial charge in [-0.3, -0.25) is 4.79 Å². The summed E-state index contributed by atoms with van der Waals surface area (Å²) >= 11 is 12.1. The number of nitrogens with one attached hydrogen (secondary N) is 1. The number of rotatable bonds is 7. The van der Waals surface area contributed by atoms with Crippen LogP contribution in [0.15, 0.2) is 53.4 Å². The Morgan fingerprint density at radius 2 is 1.81 bits per heavy atom. The SMILES string of the molecule is N#CC1(NC(=O)C2CC(S(=O)(=O)c3ccccc3Cl)CC2OCc2ccc(Cl)cc2)CC1. The van der Waals surface area contributed by atoms with Gasteiger partial charge in [-0.15, -0.1) is 0 Å². The number of sulfone groups is 1. The molecule has 2 fully saturated rings. The summed E-state index contributed by atoms with van der Waals surface area (Å²) in [5.41, 5.74) is 0.0268. The molecule has 2 aromatic carbocycles. The maximum absolute atomic E-state index is 13.3. The van der Waals surface area contributed by atoms with E-state index in [0.717, 1.165) is 5.56 Å². The van der Waals surface area contributed by atoms with Crippen molar-refractivity contribution in [3.8, 4) is 6.07 Å². The van der Waals surface area contributed by atoms with E-state index in [-0.39, 0.29) is 35.3 Å². The monoisotopic (exact) mass is 492 g/mol. The zero-order valence-corrected chi connectivity index (χ0v) is 19.5. The smallest absolute Gasteiger partial charge is 0.227 e. The summed E-state index contributed by atoms with van der Waals surface area (Å²) in [6, 6.07) is 15.6. The number of hydrogen-bond donors (Lipinski definition) is 1. The summed E-state index contributed by atoms with van der Waals surface area (Å²) in [7, 11) is -3.77. The number of amides is 1. The Morgan fingerprint density at radius 1 is 1.12 bits per heavy atom. The minimum atomic E-state index is -3.77. The van der Waals surface area contributed by atoms with Gasteiger partial charge >= 0.3 is 0 Å². The lowest BCUT2D eigenvalue weighted by molar-refractivity contribution is -0.130. The molecular formula is C23H22Cl2N2O4S. The zero-order chi connectivity index (χ0) is 22.9. The van der Waals surface area contributed by atoms with Crippen LogP contribution in [0.4, 0.5) is 0 Å². The normalized spacial score (nSPS) is 24.0. The molecule has 168 valence electrons. The van der Waals surface area contributed by atoms with Crippen molar-refractivity contribution in [1.29, 1.82) is 5.26 Å². The van der Waals surface area contributed by atoms with Crippen LogP contribution >= 0.6 is 23.2 Å². The Bertz CT molecular complexity index is 1160. The van der Waals surface area contributed by atoms with Crippen LogP contribution in [0.1, 0.15) is 31.2 Å². The van der Waals surface area contributed by atoms with E-state index in [0.29, 0.717) is 17.9 Å². The van der Waals surface area contributed by atoms with Crippen molar-refractivity contribution >= 4 is 38.9 Å². The molecule has 3 unspecified atom stereocenters. The van der Waals surface area contributed by atoms with Gasteiger partial charge in [0, 0.05) is 5.02 Å². The lowest BCUT2D eigenvalue weighted by Crippen LogP contribution is -2.42. The van der Waals surface area contributed by atoms with Gasteiger partial charge in [0.1, 0.15) is 5.54 Å². The lowest BCUT2D eigenvalue weighted by Gasteiger charge is -2.21. The number of halogens is 2. The third kappa shape index (κ3) is 4.79. The molecule has 2 aliphatic rings. The second kappa shape index (κ2) is 9.03. The molecular weight excluding hydrogens is 471 g/mol. The van der Waals surface area contributed by atoms with Crippen molar-refractivity contribution in [2.24, 2.45) is 5.92 Å². The Morgan fingerprint density at radius 3 is 2.44 bits per heavy atom. The average molecular weight is 493 g/mol. The first-order valence-corrected chi connectivity index (χ1v) is 12.6. The predicted octanol–water partition coefficient (Wildman–Crippen LogP) is 4.30. The molecule has 2 aromatic rings. The molecule has 0 bridgehead atoms. The number of carbonyl (C=O) groups excluding carboxylic acids is 1. The Labute approximate surface area is 197 Å². The van der Waals surface area contributed by atoms with Crippen molar-refractivity contribution < 1.29 is 17.9 Å². The zero-order valence-electron chi connectivity index (χ0n) is 17.1. The van der Waals surface area contributed by atoms with E-state index in [1.807, 2.05) is 12.1 Å². The third-order valence-corrected chi connectivity index (χ3v) is 9.01. The largest absolute Gasteiger partial charge is 0.373 e. The summed E-state index contributed by atoms with van der Waals surface area (Å²) in [6.45, 7) is 0.216. The molecule has 32 heavy (non-hydrogen) atoms. The van der Waals surface area contributed by atoms with Crippen LogP contribution in [0.2, 0.25) is 10.0 Å². The van der Waals surface area contributed by atoms with Gasteiger partial charge in [-0.2, -0.15) is 5.26 Å². The fourth-order valence-corrected chi connectivity index (χ4v) is 6.48. The van der Waals surface area contributed by atoms with Gasteiger partial charge < -0.3 is 10.1 Å². The summed E-state index contributed by atoms with van der Waals surface area (Å²) < 4.78 is 32.6. The van der Waals surface area contributed by atoms with Crippen molar-refractivity contribution in [1.82, 2.24) is 5.32 Å². The first-order chi connectivity index (χ1) is 15.2. The Kier molecular flexibility index (Phi) is 6.51. The number of ether oxygens (including phenoxy) is 1. The maximum atomic E-state index is 13.3. The quantitative estimate of drug-likeness (QED) is 0.621. The van der Waals surface area contributed by atoms with Crippen LogP contribution in [0.3, 0.4) is 0 Å². The molecule has 3 atom stereocenters. The van der Waals surface area contributed by atoms with Gasteiger partial charge in [-0.05, 0) is 55.5 Å². The van der Waals surface area contributed by atoms with Gasteiger partial charge in [0.2, 0.25) is 5.91 Å². The standard InChI is InChI=1S/C23H22Cl2N2O4S/c24-16-7-5-15(6-8-16)13-31-20-12-17(32(29,30)21-4-2-1-3-19(21)25)11-18(20)22(28)27-23(14-26)9-10-23/h1-8,17-18,20H,9-13H2,(H,27,28). The molecule has 0 heterocycles. The molecule has 0 saturated heterocycles. The van der Waals surface area contributed by atoms with Crippen molar-refractivity contribution in [3.05, 3.63) is 64.1 Å². The molecule has 0 aromatic heterocycles. The van der Waals surface area contributed by atoms with E-state index >= 15 is 0 Å². The van der Waals surface area contributed by atoms with Crippen molar-refractivity contribution in [3.63, 3.8) is 0 Å². The summed E-state index contributed by atoms with van der Waals surface area (Å²) in [5, 5.41) is 12.1. The molecule has 2 saturated carbocycles. The Balaban J connectivity index is 1.55. The summed E-state index contributed by atoms with van der Waals surface area (Å²) in [4.78, 5) is 13.1. The highest BCUT2D eigenvalue weighted by Crippen LogP contribution is 2.40. The molecule has 9 heteroatoms. The van der Waals surface area contributed by atoms with E-state index in [1.165, 1.54) is 12.1 Å². The van der Waals surface area contributed by atoms with E-state index < -0.39 is 32.6 Å². The first-order valence-electron chi connectivity index (χ1n) is 10.3. The highest BCUT2D eigenvalue weighted by Gasteiger charge is 2.50. The van der Waals surface area contributed by atoms with Crippen LogP contribution in [-0.4, -0.2) is 31.2 Å². The highest BCUT2D eigenvalue weighted by molar-refractivity contribution is 7.92. The molecule has 0 spiro atoms. The summed E-state index contributed by atoms with van der Waals surface area (Å²) in [5.74, 6) is -1.03. The molecule has 0 radical (unpaired) electrons. The molecule has 2 aliphatic carbocycles. The number of carbonyl (C=O) groups is 1. The minimum absolute atomic E-state index is 0.0554. The number of benzene rings is 2. The minimum Gasteiger partial charge on any atom is -0.373 e. The third-order valence-electron chi connectivity index (χ3n) is 6.08. The van der Waals surface area contributed by atoms with Gasteiger partial charge in [-0.25, -0.2) is 8.42 Å². The van der Waals surface area contributed by atoms with E-state index in [9.17, 15) is 18.5 Å². The van der Waals surface area contributed by atoms with Crippen LogP contribution < -0.4 is 5.32 Å². The lowest BCUT2D eigenvalue weighted by atomic mass is 10.0. The van der Waals surface area contributed by atoms with Gasteiger partial charge in [0.05, 0.1) is 39.9 Å². The number of hydrogen-bond acceptors (Lipinski definition) is 5. The van der Waals surface area contributed by atoms with Crippen molar-refractivity contribution in [2.45, 2.75) is 54.1 Å².